The van der Waals surface area contributed by atoms with Crippen molar-refractivity contribution in [2.75, 3.05) is 6.79 Å². The molecule has 1 heterocycles. The van der Waals surface area contributed by atoms with Crippen LogP contribution in [0.3, 0.4) is 0 Å². The lowest BCUT2D eigenvalue weighted by Crippen LogP contribution is -2.17. The molecule has 1 fully saturated rings. The van der Waals surface area contributed by atoms with Crippen LogP contribution < -0.4 is 19.6 Å². The Labute approximate surface area is 151 Å². The SMILES string of the molecule is O=C(NN=Cc1ccc2c(c1)OCO2)c1ccc(OC2CCCC2)cc1. The number of benzene rings is 2. The van der Waals surface area contributed by atoms with Gasteiger partial charge in [0.25, 0.3) is 5.91 Å². The Kier molecular flexibility index (Phi) is 4.73. The molecule has 1 aliphatic carbocycles. The average Bonchev–Trinajstić information content (AvgIpc) is 3.33. The molecule has 2 aliphatic rings. The van der Waals surface area contributed by atoms with Crippen LogP contribution in [0.4, 0.5) is 0 Å². The van der Waals surface area contributed by atoms with Crippen molar-refractivity contribution in [2.24, 2.45) is 5.10 Å². The molecule has 0 aromatic heterocycles. The summed E-state index contributed by atoms with van der Waals surface area (Å²) in [6.07, 6.45) is 6.55. The molecule has 0 atom stereocenters. The van der Waals surface area contributed by atoms with E-state index in [1.807, 2.05) is 30.3 Å². The highest BCUT2D eigenvalue weighted by Gasteiger charge is 2.16. The van der Waals surface area contributed by atoms with Crippen LogP contribution in [0.5, 0.6) is 17.2 Å². The molecule has 0 saturated heterocycles. The molecule has 134 valence electrons. The molecular formula is C20H20N2O4. The predicted molar refractivity (Wildman–Crippen MR) is 97.0 cm³/mol. The van der Waals surface area contributed by atoms with Gasteiger partial charge in [-0.2, -0.15) is 5.10 Å². The van der Waals surface area contributed by atoms with E-state index >= 15 is 0 Å². The van der Waals surface area contributed by atoms with Gasteiger partial charge in [-0.05, 0) is 73.7 Å². The van der Waals surface area contributed by atoms with Crippen molar-refractivity contribution in [2.45, 2.75) is 31.8 Å². The maximum absolute atomic E-state index is 12.2. The van der Waals surface area contributed by atoms with Crippen LogP contribution in [0.1, 0.15) is 41.6 Å². The Balaban J connectivity index is 1.32. The molecule has 0 bridgehead atoms. The fourth-order valence-corrected chi connectivity index (χ4v) is 3.11. The van der Waals surface area contributed by atoms with Crippen molar-refractivity contribution in [3.63, 3.8) is 0 Å². The van der Waals surface area contributed by atoms with Gasteiger partial charge in [0.15, 0.2) is 11.5 Å². The number of nitrogens with zero attached hydrogens (tertiary/aromatic N) is 1. The van der Waals surface area contributed by atoms with E-state index in [4.69, 9.17) is 14.2 Å². The van der Waals surface area contributed by atoms with Crippen molar-refractivity contribution >= 4 is 12.1 Å². The van der Waals surface area contributed by atoms with Gasteiger partial charge < -0.3 is 14.2 Å². The highest BCUT2D eigenvalue weighted by Crippen LogP contribution is 2.32. The van der Waals surface area contributed by atoms with Crippen molar-refractivity contribution in [3.8, 4) is 17.2 Å². The summed E-state index contributed by atoms with van der Waals surface area (Å²) in [5.74, 6) is 1.93. The minimum atomic E-state index is -0.269. The first-order valence-corrected chi connectivity index (χ1v) is 8.78. The molecule has 2 aromatic carbocycles. The van der Waals surface area contributed by atoms with Crippen molar-refractivity contribution in [1.29, 1.82) is 0 Å². The number of fused-ring (bicyclic) bond motifs is 1. The molecule has 6 heteroatoms. The van der Waals surface area contributed by atoms with Crippen molar-refractivity contribution in [3.05, 3.63) is 53.6 Å². The monoisotopic (exact) mass is 352 g/mol. The number of carbonyl (C=O) groups is 1. The summed E-state index contributed by atoms with van der Waals surface area (Å²) in [6.45, 7) is 0.229. The van der Waals surface area contributed by atoms with Crippen molar-refractivity contribution in [1.82, 2.24) is 5.43 Å². The van der Waals surface area contributed by atoms with E-state index in [0.29, 0.717) is 23.2 Å². The van der Waals surface area contributed by atoms with Gasteiger partial charge in [0.1, 0.15) is 5.75 Å². The van der Waals surface area contributed by atoms with Gasteiger partial charge in [-0.15, -0.1) is 0 Å². The standard InChI is InChI=1S/C20H20N2O4/c23-20(15-6-8-17(9-7-15)26-16-3-1-2-4-16)22-21-12-14-5-10-18-19(11-14)25-13-24-18/h5-12,16H,1-4,13H2,(H,22,23). The van der Waals surface area contributed by atoms with Gasteiger partial charge in [-0.1, -0.05) is 0 Å². The fourth-order valence-electron chi connectivity index (χ4n) is 3.11. The second-order valence-electron chi connectivity index (χ2n) is 6.36. The zero-order valence-corrected chi connectivity index (χ0v) is 14.3. The molecule has 1 aliphatic heterocycles. The maximum atomic E-state index is 12.2. The number of ether oxygens (including phenoxy) is 3. The lowest BCUT2D eigenvalue weighted by atomic mass is 10.2. The second-order valence-corrected chi connectivity index (χ2v) is 6.36. The Morgan fingerprint density at radius 3 is 2.65 bits per heavy atom. The van der Waals surface area contributed by atoms with Crippen LogP contribution in [0.2, 0.25) is 0 Å². The first-order chi connectivity index (χ1) is 12.8. The molecule has 2 aromatic rings. The molecule has 0 unspecified atom stereocenters. The van der Waals surface area contributed by atoms with Gasteiger partial charge in [-0.3, -0.25) is 4.79 Å². The summed E-state index contributed by atoms with van der Waals surface area (Å²) >= 11 is 0. The van der Waals surface area contributed by atoms with E-state index in [1.54, 1.807) is 18.3 Å². The normalized spacial score (nSPS) is 16.2. The third-order valence-electron chi connectivity index (χ3n) is 4.50. The van der Waals surface area contributed by atoms with Crippen molar-refractivity contribution < 1.29 is 19.0 Å². The topological polar surface area (TPSA) is 69.2 Å². The van der Waals surface area contributed by atoms with E-state index in [9.17, 15) is 4.79 Å². The van der Waals surface area contributed by atoms with E-state index in [1.165, 1.54) is 12.8 Å². The lowest BCUT2D eigenvalue weighted by Gasteiger charge is -2.12. The maximum Gasteiger partial charge on any atom is 0.271 e. The molecule has 0 radical (unpaired) electrons. The first-order valence-electron chi connectivity index (χ1n) is 8.78. The van der Waals surface area contributed by atoms with E-state index in [0.717, 1.165) is 24.2 Å². The largest absolute Gasteiger partial charge is 0.490 e. The average molecular weight is 352 g/mol. The molecule has 0 spiro atoms. The predicted octanol–water partition coefficient (Wildman–Crippen LogP) is 3.50. The van der Waals surface area contributed by atoms with Crippen LogP contribution in [-0.2, 0) is 0 Å². The van der Waals surface area contributed by atoms with Gasteiger partial charge >= 0.3 is 0 Å². The van der Waals surface area contributed by atoms with E-state index < -0.39 is 0 Å². The fraction of sp³-hybridized carbons (Fsp3) is 0.300. The minimum absolute atomic E-state index is 0.229. The quantitative estimate of drug-likeness (QED) is 0.660. The zero-order chi connectivity index (χ0) is 17.8. The second kappa shape index (κ2) is 7.47. The highest BCUT2D eigenvalue weighted by molar-refractivity contribution is 5.95. The van der Waals surface area contributed by atoms with Gasteiger partial charge in [-0.25, -0.2) is 5.43 Å². The zero-order valence-electron chi connectivity index (χ0n) is 14.3. The number of hydrazone groups is 1. The smallest absolute Gasteiger partial charge is 0.271 e. The van der Waals surface area contributed by atoms with Crippen LogP contribution in [-0.4, -0.2) is 25.0 Å². The molecular weight excluding hydrogens is 332 g/mol. The first kappa shape index (κ1) is 16.4. The number of hydrogen-bond acceptors (Lipinski definition) is 5. The Hall–Kier alpha value is -3.02. The Bertz CT molecular complexity index is 811. The number of amides is 1. The molecule has 1 N–H and O–H groups in total. The highest BCUT2D eigenvalue weighted by atomic mass is 16.7. The summed E-state index contributed by atoms with van der Waals surface area (Å²) in [5.41, 5.74) is 3.87. The molecule has 6 nitrogen and oxygen atoms in total. The Morgan fingerprint density at radius 1 is 1.08 bits per heavy atom. The summed E-state index contributed by atoms with van der Waals surface area (Å²) in [5, 5.41) is 4.00. The summed E-state index contributed by atoms with van der Waals surface area (Å²) in [6, 6.07) is 12.6. The molecule has 4 rings (SSSR count). The van der Waals surface area contributed by atoms with Gasteiger partial charge in [0.2, 0.25) is 6.79 Å². The third-order valence-corrected chi connectivity index (χ3v) is 4.50. The lowest BCUT2D eigenvalue weighted by molar-refractivity contribution is 0.0955. The van der Waals surface area contributed by atoms with Crippen LogP contribution in [0.25, 0.3) is 0 Å². The minimum Gasteiger partial charge on any atom is -0.490 e. The van der Waals surface area contributed by atoms with Crippen LogP contribution >= 0.6 is 0 Å². The third kappa shape index (κ3) is 3.79. The van der Waals surface area contributed by atoms with Gasteiger partial charge in [0.05, 0.1) is 12.3 Å². The number of rotatable bonds is 5. The summed E-state index contributed by atoms with van der Waals surface area (Å²) < 4.78 is 16.5. The molecule has 1 amide bonds. The molecule has 1 saturated carbocycles. The van der Waals surface area contributed by atoms with Gasteiger partial charge in [0, 0.05) is 5.56 Å². The van der Waals surface area contributed by atoms with E-state index in [2.05, 4.69) is 10.5 Å². The molecule has 26 heavy (non-hydrogen) atoms. The number of carbonyl (C=O) groups excluding carboxylic acids is 1. The van der Waals surface area contributed by atoms with Crippen LogP contribution in [0, 0.1) is 0 Å². The van der Waals surface area contributed by atoms with Crippen LogP contribution in [0.15, 0.2) is 47.6 Å². The van der Waals surface area contributed by atoms with E-state index in [-0.39, 0.29) is 12.7 Å². The Morgan fingerprint density at radius 2 is 1.85 bits per heavy atom. The number of hydrogen-bond donors (Lipinski definition) is 1. The number of nitrogens with one attached hydrogen (secondary N) is 1. The summed E-state index contributed by atoms with van der Waals surface area (Å²) in [7, 11) is 0. The summed E-state index contributed by atoms with van der Waals surface area (Å²) in [4.78, 5) is 12.2.